The molecule has 0 aliphatic carbocycles. The van der Waals surface area contributed by atoms with Crippen molar-refractivity contribution in [2.75, 3.05) is 5.43 Å². The van der Waals surface area contributed by atoms with Crippen LogP contribution in [0.3, 0.4) is 0 Å². The molecule has 5 heteroatoms. The van der Waals surface area contributed by atoms with Crippen molar-refractivity contribution in [2.45, 2.75) is 27.2 Å². The first kappa shape index (κ1) is 13.7. The summed E-state index contributed by atoms with van der Waals surface area (Å²) in [4.78, 5) is 16.2. The van der Waals surface area contributed by atoms with Crippen molar-refractivity contribution in [1.82, 2.24) is 9.66 Å². The molecule has 2 rings (SSSR count). The molecular formula is C14H17N3OS. The van der Waals surface area contributed by atoms with Crippen LogP contribution in [0.25, 0.3) is 11.0 Å². The molecule has 2 aromatic rings. The van der Waals surface area contributed by atoms with Gasteiger partial charge in [0, 0.05) is 18.0 Å². The van der Waals surface area contributed by atoms with Gasteiger partial charge in [-0.05, 0) is 36.6 Å². The fourth-order valence-corrected chi connectivity index (χ4v) is 2.11. The second-order valence-electron chi connectivity index (χ2n) is 5.02. The molecule has 2 aromatic heterocycles. The Kier molecular flexibility index (Phi) is 3.95. The van der Waals surface area contributed by atoms with Crippen molar-refractivity contribution in [3.63, 3.8) is 0 Å². The highest BCUT2D eigenvalue weighted by atomic mass is 32.1. The fraction of sp³-hybridized carbons (Fsp3) is 0.357. The molecule has 0 fully saturated rings. The number of amides is 1. The van der Waals surface area contributed by atoms with Gasteiger partial charge in [0.1, 0.15) is 4.64 Å². The summed E-state index contributed by atoms with van der Waals surface area (Å²) in [6, 6.07) is 5.80. The van der Waals surface area contributed by atoms with Crippen molar-refractivity contribution >= 4 is 29.2 Å². The average Bonchev–Trinajstić information content (AvgIpc) is 2.34. The minimum absolute atomic E-state index is 0.0522. The van der Waals surface area contributed by atoms with Crippen LogP contribution in [0.5, 0.6) is 0 Å². The van der Waals surface area contributed by atoms with Gasteiger partial charge < -0.3 is 0 Å². The van der Waals surface area contributed by atoms with Crippen LogP contribution in [-0.4, -0.2) is 15.6 Å². The Balaban J connectivity index is 2.49. The summed E-state index contributed by atoms with van der Waals surface area (Å²) < 4.78 is 2.19. The van der Waals surface area contributed by atoms with Gasteiger partial charge in [-0.3, -0.25) is 10.2 Å². The van der Waals surface area contributed by atoms with Gasteiger partial charge in [-0.2, -0.15) is 0 Å². The van der Waals surface area contributed by atoms with E-state index in [0.29, 0.717) is 22.6 Å². The quantitative estimate of drug-likeness (QED) is 0.875. The van der Waals surface area contributed by atoms with Crippen molar-refractivity contribution in [3.8, 4) is 0 Å². The third-order valence-electron chi connectivity index (χ3n) is 2.77. The maximum Gasteiger partial charge on any atom is 0.239 e. The molecule has 2 heterocycles. The molecule has 0 aromatic carbocycles. The van der Waals surface area contributed by atoms with Crippen molar-refractivity contribution in [2.24, 2.45) is 5.92 Å². The summed E-state index contributed by atoms with van der Waals surface area (Å²) in [7, 11) is 0. The molecule has 4 nitrogen and oxygen atoms in total. The fourth-order valence-electron chi connectivity index (χ4n) is 1.92. The summed E-state index contributed by atoms with van der Waals surface area (Å²) >= 11 is 5.36. The molecule has 0 aliphatic heterocycles. The van der Waals surface area contributed by atoms with Crippen molar-refractivity contribution in [3.05, 3.63) is 34.6 Å². The van der Waals surface area contributed by atoms with Gasteiger partial charge in [0.25, 0.3) is 0 Å². The molecule has 0 radical (unpaired) electrons. The minimum atomic E-state index is -0.0522. The van der Waals surface area contributed by atoms with E-state index in [2.05, 4.69) is 10.4 Å². The number of nitrogens with zero attached hydrogens (tertiary/aromatic N) is 2. The van der Waals surface area contributed by atoms with Crippen LogP contribution in [0.4, 0.5) is 0 Å². The van der Waals surface area contributed by atoms with E-state index in [1.165, 1.54) is 0 Å². The number of hydrogen-bond acceptors (Lipinski definition) is 3. The second kappa shape index (κ2) is 5.48. The minimum Gasteiger partial charge on any atom is -0.273 e. The van der Waals surface area contributed by atoms with Gasteiger partial charge in [0.05, 0.1) is 0 Å². The zero-order valence-electron chi connectivity index (χ0n) is 11.3. The van der Waals surface area contributed by atoms with Crippen LogP contribution in [0.15, 0.2) is 24.4 Å². The number of fused-ring (bicyclic) bond motifs is 1. The zero-order chi connectivity index (χ0) is 14.0. The number of aromatic nitrogens is 2. The Morgan fingerprint density at radius 3 is 2.95 bits per heavy atom. The number of carbonyl (C=O) groups excluding carboxylic acids is 1. The van der Waals surface area contributed by atoms with Gasteiger partial charge >= 0.3 is 0 Å². The third kappa shape index (κ3) is 2.98. The Hall–Kier alpha value is -1.75. The largest absolute Gasteiger partial charge is 0.273 e. The standard InChI is InChI=1S/C14H17N3OS/c1-9(2)7-12(18)16-17-13-11(5-4-6-15-13)8-10(3)14(17)19/h4-6,8-9H,7H2,1-3H3,(H,16,18). The summed E-state index contributed by atoms with van der Waals surface area (Å²) in [5.74, 6) is 0.252. The molecule has 0 aliphatic rings. The Morgan fingerprint density at radius 2 is 2.26 bits per heavy atom. The van der Waals surface area contributed by atoms with Crippen LogP contribution in [0.2, 0.25) is 0 Å². The lowest BCUT2D eigenvalue weighted by atomic mass is 10.1. The first-order valence-corrected chi connectivity index (χ1v) is 6.67. The number of hydrogen-bond donors (Lipinski definition) is 1. The smallest absolute Gasteiger partial charge is 0.239 e. The van der Waals surface area contributed by atoms with E-state index in [-0.39, 0.29) is 5.91 Å². The zero-order valence-corrected chi connectivity index (χ0v) is 12.1. The highest BCUT2D eigenvalue weighted by molar-refractivity contribution is 7.71. The van der Waals surface area contributed by atoms with Gasteiger partial charge in [-0.15, -0.1) is 0 Å². The van der Waals surface area contributed by atoms with Crippen molar-refractivity contribution < 1.29 is 4.79 Å². The highest BCUT2D eigenvalue weighted by Crippen LogP contribution is 2.14. The van der Waals surface area contributed by atoms with E-state index >= 15 is 0 Å². The molecular weight excluding hydrogens is 258 g/mol. The lowest BCUT2D eigenvalue weighted by Crippen LogP contribution is -2.25. The monoisotopic (exact) mass is 275 g/mol. The lowest BCUT2D eigenvalue weighted by molar-refractivity contribution is -0.117. The molecule has 0 bridgehead atoms. The summed E-state index contributed by atoms with van der Waals surface area (Å²) in [6.07, 6.45) is 2.15. The lowest BCUT2D eigenvalue weighted by Gasteiger charge is -2.14. The van der Waals surface area contributed by atoms with E-state index in [9.17, 15) is 4.79 Å². The van der Waals surface area contributed by atoms with Gasteiger partial charge in [-0.1, -0.05) is 26.1 Å². The predicted molar refractivity (Wildman–Crippen MR) is 79.1 cm³/mol. The van der Waals surface area contributed by atoms with Gasteiger partial charge in [0.2, 0.25) is 5.91 Å². The van der Waals surface area contributed by atoms with E-state index in [1.807, 2.05) is 39.0 Å². The second-order valence-corrected chi connectivity index (χ2v) is 5.40. The molecule has 0 spiro atoms. The summed E-state index contributed by atoms with van der Waals surface area (Å²) in [5, 5.41) is 0.957. The van der Waals surface area contributed by atoms with E-state index in [0.717, 1.165) is 10.9 Å². The molecule has 1 amide bonds. The Bertz CT molecular complexity index is 676. The summed E-state index contributed by atoms with van der Waals surface area (Å²) in [6.45, 7) is 5.94. The Morgan fingerprint density at radius 1 is 1.53 bits per heavy atom. The Labute approximate surface area is 117 Å². The normalized spacial score (nSPS) is 10.9. The molecule has 0 atom stereocenters. The first-order chi connectivity index (χ1) is 8.99. The van der Waals surface area contributed by atoms with E-state index < -0.39 is 0 Å². The third-order valence-corrected chi connectivity index (χ3v) is 3.28. The van der Waals surface area contributed by atoms with Crippen LogP contribution < -0.4 is 5.43 Å². The molecule has 19 heavy (non-hydrogen) atoms. The maximum absolute atomic E-state index is 11.9. The van der Waals surface area contributed by atoms with Gasteiger partial charge in [0.15, 0.2) is 5.65 Å². The molecule has 1 N–H and O–H groups in total. The molecule has 0 saturated heterocycles. The average molecular weight is 275 g/mol. The first-order valence-electron chi connectivity index (χ1n) is 6.26. The van der Waals surface area contributed by atoms with Crippen LogP contribution in [0, 0.1) is 17.5 Å². The maximum atomic E-state index is 11.9. The highest BCUT2D eigenvalue weighted by Gasteiger charge is 2.09. The number of nitrogens with one attached hydrogen (secondary N) is 1. The van der Waals surface area contributed by atoms with Crippen LogP contribution >= 0.6 is 12.2 Å². The van der Waals surface area contributed by atoms with Crippen LogP contribution in [-0.2, 0) is 4.79 Å². The van der Waals surface area contributed by atoms with Crippen molar-refractivity contribution in [1.29, 1.82) is 0 Å². The van der Waals surface area contributed by atoms with Gasteiger partial charge in [-0.25, -0.2) is 9.66 Å². The number of aryl methyl sites for hydroxylation is 1. The number of carbonyl (C=O) groups is 1. The number of rotatable bonds is 3. The summed E-state index contributed by atoms with van der Waals surface area (Å²) in [5.41, 5.74) is 4.46. The van der Waals surface area contributed by atoms with E-state index in [4.69, 9.17) is 12.2 Å². The molecule has 100 valence electrons. The van der Waals surface area contributed by atoms with Crippen LogP contribution in [0.1, 0.15) is 25.8 Å². The van der Waals surface area contributed by atoms with E-state index in [1.54, 1.807) is 10.9 Å². The topological polar surface area (TPSA) is 46.9 Å². The molecule has 0 unspecified atom stereocenters. The molecule has 0 saturated carbocycles. The number of pyridine rings is 2. The predicted octanol–water partition coefficient (Wildman–Crippen LogP) is 3.19. The SMILES string of the molecule is Cc1cc2cccnc2n(NC(=O)CC(C)C)c1=S.